The Bertz CT molecular complexity index is 397. The van der Waals surface area contributed by atoms with E-state index in [4.69, 9.17) is 5.73 Å². The van der Waals surface area contributed by atoms with E-state index < -0.39 is 0 Å². The molecule has 1 amide bonds. The fraction of sp³-hybridized carbons (Fsp3) is 0.615. The third-order valence-corrected chi connectivity index (χ3v) is 3.48. The Hall–Kier alpha value is -1.29. The summed E-state index contributed by atoms with van der Waals surface area (Å²) in [4.78, 5) is 11.2. The fourth-order valence-corrected chi connectivity index (χ4v) is 2.44. The third kappa shape index (κ3) is 2.88. The van der Waals surface area contributed by atoms with Gasteiger partial charge < -0.3 is 15.6 Å². The van der Waals surface area contributed by atoms with E-state index in [1.165, 1.54) is 24.0 Å². The van der Waals surface area contributed by atoms with E-state index in [0.29, 0.717) is 6.42 Å². The molecule has 0 saturated carbocycles. The number of aromatic nitrogens is 1. The molecule has 0 spiro atoms. The predicted octanol–water partition coefficient (Wildman–Crippen LogP) is 1.35. The number of aryl methyl sites for hydroxylation is 2. The first-order chi connectivity index (χ1) is 8.20. The number of nitrogens with two attached hydrogens (primary N) is 1. The molecular weight excluding hydrogens is 214 g/mol. The van der Waals surface area contributed by atoms with Crippen LogP contribution in [0.1, 0.15) is 42.9 Å². The van der Waals surface area contributed by atoms with Gasteiger partial charge >= 0.3 is 0 Å². The van der Waals surface area contributed by atoms with E-state index in [1.54, 1.807) is 7.05 Å². The van der Waals surface area contributed by atoms with Crippen LogP contribution in [-0.2, 0) is 17.8 Å². The number of rotatable bonds is 3. The number of carbonyl (C=O) groups is 1. The summed E-state index contributed by atoms with van der Waals surface area (Å²) < 4.78 is 2.10. The molecule has 0 aromatic carbocycles. The van der Waals surface area contributed by atoms with Crippen molar-refractivity contribution >= 4 is 5.91 Å². The lowest BCUT2D eigenvalue weighted by Crippen LogP contribution is -2.19. The average Bonchev–Trinajstić information content (AvgIpc) is 2.67. The highest BCUT2D eigenvalue weighted by atomic mass is 16.1. The van der Waals surface area contributed by atoms with Crippen molar-refractivity contribution < 1.29 is 4.79 Å². The molecule has 1 atom stereocenters. The van der Waals surface area contributed by atoms with Crippen molar-refractivity contribution in [3.05, 3.63) is 23.5 Å². The highest BCUT2D eigenvalue weighted by Crippen LogP contribution is 2.27. The molecule has 1 aliphatic carbocycles. The molecule has 1 unspecified atom stereocenters. The molecule has 4 nitrogen and oxygen atoms in total. The lowest BCUT2D eigenvalue weighted by Gasteiger charge is -2.07. The van der Waals surface area contributed by atoms with E-state index in [0.717, 1.165) is 19.4 Å². The molecule has 1 aromatic heterocycles. The first-order valence-corrected chi connectivity index (χ1v) is 6.35. The Kier molecular flexibility index (Phi) is 3.84. The maximum Gasteiger partial charge on any atom is 0.221 e. The third-order valence-electron chi connectivity index (χ3n) is 3.48. The number of nitrogens with zero attached hydrogens (tertiary/aromatic N) is 1. The van der Waals surface area contributed by atoms with Crippen LogP contribution in [0.25, 0.3) is 0 Å². The molecule has 1 aliphatic rings. The largest absolute Gasteiger partial charge is 0.359 e. The van der Waals surface area contributed by atoms with Crippen molar-refractivity contribution in [2.75, 3.05) is 7.05 Å². The summed E-state index contributed by atoms with van der Waals surface area (Å²) in [5.41, 5.74) is 8.79. The molecule has 0 saturated heterocycles. The van der Waals surface area contributed by atoms with Crippen LogP contribution in [0.4, 0.5) is 0 Å². The van der Waals surface area contributed by atoms with Crippen LogP contribution in [0.3, 0.4) is 0 Å². The molecular formula is C13H21N3O. The summed E-state index contributed by atoms with van der Waals surface area (Å²) in [5, 5.41) is 2.64. The van der Waals surface area contributed by atoms with E-state index in [1.807, 2.05) is 0 Å². The minimum atomic E-state index is 0.0817. The number of hydrogen-bond acceptors (Lipinski definition) is 2. The van der Waals surface area contributed by atoms with Crippen LogP contribution in [-0.4, -0.2) is 17.5 Å². The molecule has 2 rings (SSSR count). The maximum absolute atomic E-state index is 11.2. The Balaban J connectivity index is 2.06. The Morgan fingerprint density at radius 3 is 3.12 bits per heavy atom. The summed E-state index contributed by atoms with van der Waals surface area (Å²) >= 11 is 0. The van der Waals surface area contributed by atoms with E-state index in [2.05, 4.69) is 22.3 Å². The van der Waals surface area contributed by atoms with Crippen molar-refractivity contribution in [3.8, 4) is 0 Å². The van der Waals surface area contributed by atoms with E-state index >= 15 is 0 Å². The van der Waals surface area contributed by atoms with Gasteiger partial charge in [-0.25, -0.2) is 0 Å². The van der Waals surface area contributed by atoms with Gasteiger partial charge in [-0.2, -0.15) is 0 Å². The normalized spacial score (nSPS) is 19.5. The SMILES string of the molecule is CNC(=O)CCn1cc2c(c1)C(N)CCCC2. The van der Waals surface area contributed by atoms with Gasteiger partial charge in [0, 0.05) is 38.4 Å². The van der Waals surface area contributed by atoms with Gasteiger partial charge in [0.25, 0.3) is 0 Å². The zero-order chi connectivity index (χ0) is 12.3. The second-order valence-electron chi connectivity index (χ2n) is 4.75. The van der Waals surface area contributed by atoms with E-state index in [-0.39, 0.29) is 11.9 Å². The molecule has 1 aromatic rings. The lowest BCUT2D eigenvalue weighted by molar-refractivity contribution is -0.120. The molecule has 17 heavy (non-hydrogen) atoms. The monoisotopic (exact) mass is 235 g/mol. The van der Waals surface area contributed by atoms with Crippen LogP contribution in [0.2, 0.25) is 0 Å². The average molecular weight is 235 g/mol. The summed E-state index contributed by atoms with van der Waals surface area (Å²) in [6.45, 7) is 0.736. The molecule has 3 N–H and O–H groups in total. The Morgan fingerprint density at radius 2 is 2.35 bits per heavy atom. The summed E-state index contributed by atoms with van der Waals surface area (Å²) in [6.07, 6.45) is 9.44. The standard InChI is InChI=1S/C13H21N3O/c1-15-13(17)6-7-16-8-10-4-2-3-5-12(14)11(10)9-16/h8-9,12H,2-7,14H2,1H3,(H,15,17). The van der Waals surface area contributed by atoms with Gasteiger partial charge in [-0.05, 0) is 30.4 Å². The molecule has 1 heterocycles. The summed E-state index contributed by atoms with van der Waals surface area (Å²) in [5.74, 6) is 0.0817. The van der Waals surface area contributed by atoms with Gasteiger partial charge in [0.1, 0.15) is 0 Å². The van der Waals surface area contributed by atoms with Crippen LogP contribution in [0.5, 0.6) is 0 Å². The number of fused-ring (bicyclic) bond motifs is 1. The first-order valence-electron chi connectivity index (χ1n) is 6.35. The number of carbonyl (C=O) groups excluding carboxylic acids is 1. The lowest BCUT2D eigenvalue weighted by atomic mass is 10.1. The predicted molar refractivity (Wildman–Crippen MR) is 67.6 cm³/mol. The minimum absolute atomic E-state index is 0.0817. The first kappa shape index (κ1) is 12.2. The van der Waals surface area contributed by atoms with Gasteiger partial charge in [-0.1, -0.05) is 6.42 Å². The highest BCUT2D eigenvalue weighted by molar-refractivity contribution is 5.75. The molecule has 94 valence electrons. The van der Waals surface area contributed by atoms with Crippen molar-refractivity contribution in [1.82, 2.24) is 9.88 Å². The van der Waals surface area contributed by atoms with E-state index in [9.17, 15) is 4.79 Å². The topological polar surface area (TPSA) is 60.0 Å². The Morgan fingerprint density at radius 1 is 1.53 bits per heavy atom. The number of hydrogen-bond donors (Lipinski definition) is 2. The quantitative estimate of drug-likeness (QED) is 0.777. The van der Waals surface area contributed by atoms with Crippen LogP contribution in [0, 0.1) is 0 Å². The Labute approximate surface area is 102 Å². The van der Waals surface area contributed by atoms with Crippen molar-refractivity contribution in [2.24, 2.45) is 5.73 Å². The second kappa shape index (κ2) is 5.36. The van der Waals surface area contributed by atoms with Gasteiger partial charge in [0.05, 0.1) is 0 Å². The number of amides is 1. The maximum atomic E-state index is 11.2. The number of nitrogens with one attached hydrogen (secondary N) is 1. The van der Waals surface area contributed by atoms with Crippen molar-refractivity contribution in [3.63, 3.8) is 0 Å². The molecule has 0 aliphatic heterocycles. The zero-order valence-corrected chi connectivity index (χ0v) is 10.4. The fourth-order valence-electron chi connectivity index (χ4n) is 2.44. The second-order valence-corrected chi connectivity index (χ2v) is 4.75. The van der Waals surface area contributed by atoms with Crippen molar-refractivity contribution in [2.45, 2.75) is 44.7 Å². The van der Waals surface area contributed by atoms with Crippen LogP contribution < -0.4 is 11.1 Å². The van der Waals surface area contributed by atoms with Crippen LogP contribution in [0.15, 0.2) is 12.4 Å². The van der Waals surface area contributed by atoms with Gasteiger partial charge in [-0.3, -0.25) is 4.79 Å². The molecule has 0 radical (unpaired) electrons. The molecule has 0 bridgehead atoms. The van der Waals surface area contributed by atoms with Crippen molar-refractivity contribution in [1.29, 1.82) is 0 Å². The van der Waals surface area contributed by atoms with Crippen LogP contribution >= 0.6 is 0 Å². The van der Waals surface area contributed by atoms with Gasteiger partial charge in [0.15, 0.2) is 0 Å². The zero-order valence-electron chi connectivity index (χ0n) is 10.4. The highest BCUT2D eigenvalue weighted by Gasteiger charge is 2.17. The van der Waals surface area contributed by atoms with Gasteiger partial charge in [0.2, 0.25) is 5.91 Å². The molecule has 0 fully saturated rings. The minimum Gasteiger partial charge on any atom is -0.359 e. The summed E-state index contributed by atoms with van der Waals surface area (Å²) in [7, 11) is 1.67. The van der Waals surface area contributed by atoms with Gasteiger partial charge in [-0.15, -0.1) is 0 Å². The molecule has 4 heteroatoms. The summed E-state index contributed by atoms with van der Waals surface area (Å²) in [6, 6.07) is 0.175. The smallest absolute Gasteiger partial charge is 0.221 e.